The van der Waals surface area contributed by atoms with Crippen molar-refractivity contribution in [2.24, 2.45) is 11.8 Å². The van der Waals surface area contributed by atoms with E-state index < -0.39 is 20.0 Å². The highest BCUT2D eigenvalue weighted by molar-refractivity contribution is 7.91. The minimum absolute atomic E-state index is 0.0373. The lowest BCUT2D eigenvalue weighted by Crippen LogP contribution is -2.41. The molecule has 22 heavy (non-hydrogen) atoms. The van der Waals surface area contributed by atoms with Crippen molar-refractivity contribution >= 4 is 31.4 Å². The first-order valence-corrected chi connectivity index (χ1v) is 11.2. The van der Waals surface area contributed by atoms with Crippen molar-refractivity contribution in [1.29, 1.82) is 0 Å². The van der Waals surface area contributed by atoms with E-state index >= 15 is 0 Å². The van der Waals surface area contributed by atoms with Crippen molar-refractivity contribution in [3.63, 3.8) is 0 Å². The summed E-state index contributed by atoms with van der Waals surface area (Å²) in [6, 6.07) is 1.39. The van der Waals surface area contributed by atoms with Crippen molar-refractivity contribution in [1.82, 2.24) is 9.03 Å². The number of hydrogen-bond donors (Lipinski definition) is 1. The highest BCUT2D eigenvalue weighted by Gasteiger charge is 2.42. The molecule has 1 N–H and O–H groups in total. The van der Waals surface area contributed by atoms with Crippen molar-refractivity contribution in [2.45, 2.75) is 31.0 Å². The van der Waals surface area contributed by atoms with E-state index in [1.165, 1.54) is 15.6 Å². The molecule has 0 aliphatic carbocycles. The van der Waals surface area contributed by atoms with Crippen molar-refractivity contribution in [2.75, 3.05) is 19.3 Å². The summed E-state index contributed by atoms with van der Waals surface area (Å²) in [4.78, 5) is 0. The third kappa shape index (κ3) is 3.70. The Kier molecular flexibility index (Phi) is 5.03. The van der Waals surface area contributed by atoms with E-state index in [1.54, 1.807) is 18.4 Å². The van der Waals surface area contributed by atoms with Gasteiger partial charge in [-0.2, -0.15) is 4.31 Å². The van der Waals surface area contributed by atoms with E-state index in [2.05, 4.69) is 4.72 Å². The predicted octanol–water partition coefficient (Wildman–Crippen LogP) is 1.25. The number of nitrogens with zero attached hydrogens (tertiary/aromatic N) is 1. The maximum Gasteiger partial charge on any atom is 0.252 e. The first-order chi connectivity index (χ1) is 10.0. The largest absolute Gasteiger partial charge is 0.252 e. The monoisotopic (exact) mass is 366 g/mol. The molecule has 2 heterocycles. The zero-order chi connectivity index (χ0) is 16.7. The van der Waals surface area contributed by atoms with E-state index in [4.69, 9.17) is 0 Å². The van der Waals surface area contributed by atoms with Gasteiger partial charge in [0.05, 0.1) is 6.26 Å². The molecule has 1 aromatic heterocycles. The summed E-state index contributed by atoms with van der Waals surface area (Å²) in [5.41, 5.74) is 0.727. The molecule has 2 atom stereocenters. The molecule has 0 radical (unpaired) electrons. The van der Waals surface area contributed by atoms with Crippen LogP contribution in [0.1, 0.15) is 19.4 Å². The summed E-state index contributed by atoms with van der Waals surface area (Å²) < 4.78 is 52.9. The second-order valence-electron chi connectivity index (χ2n) is 6.12. The number of rotatable bonds is 5. The number of hydrogen-bond acceptors (Lipinski definition) is 5. The van der Waals surface area contributed by atoms with Crippen molar-refractivity contribution in [3.05, 3.63) is 17.0 Å². The number of aryl methyl sites for hydroxylation is 1. The van der Waals surface area contributed by atoms with Crippen LogP contribution >= 0.6 is 11.3 Å². The first kappa shape index (κ1) is 17.9. The van der Waals surface area contributed by atoms with E-state index in [-0.39, 0.29) is 24.4 Å². The molecule has 2 unspecified atom stereocenters. The smallest absolute Gasteiger partial charge is 0.213 e. The third-order valence-corrected chi connectivity index (χ3v) is 8.17. The van der Waals surface area contributed by atoms with Crippen molar-refractivity contribution in [3.8, 4) is 0 Å². The highest BCUT2D eigenvalue weighted by Crippen LogP contribution is 2.32. The zero-order valence-electron chi connectivity index (χ0n) is 13.1. The second-order valence-corrected chi connectivity index (χ2v) is 10.9. The predicted molar refractivity (Wildman–Crippen MR) is 87.9 cm³/mol. The van der Waals surface area contributed by atoms with Gasteiger partial charge in [0.15, 0.2) is 0 Å². The average Bonchev–Trinajstić information content (AvgIpc) is 2.93. The quantitative estimate of drug-likeness (QED) is 0.850. The molecular formula is C13H22N2O4S3. The Morgan fingerprint density at radius 2 is 1.91 bits per heavy atom. The number of thiophene rings is 1. The molecule has 0 amide bonds. The molecule has 1 aliphatic heterocycles. The molecule has 9 heteroatoms. The number of nitrogens with one attached hydrogen (secondary N) is 1. The van der Waals surface area contributed by atoms with E-state index in [0.29, 0.717) is 10.8 Å². The first-order valence-electron chi connectivity index (χ1n) is 7.04. The van der Waals surface area contributed by atoms with Crippen LogP contribution in [0.3, 0.4) is 0 Å². The van der Waals surface area contributed by atoms with Gasteiger partial charge in [-0.1, -0.05) is 13.8 Å². The Morgan fingerprint density at radius 1 is 1.27 bits per heavy atom. The van der Waals surface area contributed by atoms with Crippen LogP contribution in [-0.2, 0) is 20.0 Å². The summed E-state index contributed by atoms with van der Waals surface area (Å²) in [6.45, 7) is 6.24. The fraction of sp³-hybridized carbons (Fsp3) is 0.692. The van der Waals surface area contributed by atoms with Crippen LogP contribution in [0, 0.1) is 18.8 Å². The van der Waals surface area contributed by atoms with Gasteiger partial charge in [0.1, 0.15) is 4.21 Å². The van der Waals surface area contributed by atoms with Gasteiger partial charge in [-0.3, -0.25) is 0 Å². The van der Waals surface area contributed by atoms with Crippen LogP contribution in [0.5, 0.6) is 0 Å². The Morgan fingerprint density at radius 3 is 2.36 bits per heavy atom. The summed E-state index contributed by atoms with van der Waals surface area (Å²) in [6.07, 6.45) is 1.10. The Labute approximate surface area is 136 Å². The maximum absolute atomic E-state index is 12.8. The van der Waals surface area contributed by atoms with Crippen LogP contribution < -0.4 is 4.72 Å². The molecule has 0 aromatic carbocycles. The van der Waals surface area contributed by atoms with E-state index in [9.17, 15) is 16.8 Å². The summed E-state index contributed by atoms with van der Waals surface area (Å²) in [7, 11) is -6.94. The number of sulfonamides is 2. The van der Waals surface area contributed by atoms with Gasteiger partial charge in [0.2, 0.25) is 10.0 Å². The van der Waals surface area contributed by atoms with Crippen LogP contribution in [0.25, 0.3) is 0 Å². The normalized spacial score (nSPS) is 24.2. The standard InChI is InChI=1S/C13H22N2O4S3/c1-9(2)11-7-15(8-12(11)14-21(4,16)17)22(18,19)13-10(3)5-6-20-13/h5-6,9,11-12,14H,7-8H2,1-4H3. The molecule has 2 rings (SSSR count). The molecular weight excluding hydrogens is 344 g/mol. The summed E-state index contributed by atoms with van der Waals surface area (Å²) in [5.74, 6) is 0.147. The van der Waals surface area contributed by atoms with Gasteiger partial charge in [-0.05, 0) is 35.8 Å². The maximum atomic E-state index is 12.8. The topological polar surface area (TPSA) is 83.6 Å². The lowest BCUT2D eigenvalue weighted by atomic mass is 9.92. The zero-order valence-corrected chi connectivity index (χ0v) is 15.6. The van der Waals surface area contributed by atoms with Gasteiger partial charge in [0.25, 0.3) is 10.0 Å². The average molecular weight is 367 g/mol. The van der Waals surface area contributed by atoms with E-state index in [1.807, 2.05) is 13.8 Å². The van der Waals surface area contributed by atoms with Crippen LogP contribution in [0.15, 0.2) is 15.7 Å². The molecule has 1 aromatic rings. The Hall–Kier alpha value is -0.480. The van der Waals surface area contributed by atoms with Crippen LogP contribution in [-0.4, -0.2) is 46.5 Å². The minimum Gasteiger partial charge on any atom is -0.213 e. The fourth-order valence-electron chi connectivity index (χ4n) is 2.80. The van der Waals surface area contributed by atoms with Gasteiger partial charge in [-0.15, -0.1) is 11.3 Å². The third-order valence-electron chi connectivity index (χ3n) is 3.94. The van der Waals surface area contributed by atoms with Crippen molar-refractivity contribution < 1.29 is 16.8 Å². The Bertz CT molecular complexity index is 737. The van der Waals surface area contributed by atoms with Crippen LogP contribution in [0.2, 0.25) is 0 Å². The van der Waals surface area contributed by atoms with E-state index in [0.717, 1.165) is 11.8 Å². The molecule has 126 valence electrons. The molecule has 1 saturated heterocycles. The molecule has 1 fully saturated rings. The second kappa shape index (κ2) is 6.20. The fourth-order valence-corrected chi connectivity index (χ4v) is 6.66. The lowest BCUT2D eigenvalue weighted by molar-refractivity contribution is 0.356. The molecule has 0 saturated carbocycles. The summed E-state index contributed by atoms with van der Waals surface area (Å²) in [5, 5.41) is 1.75. The highest BCUT2D eigenvalue weighted by atomic mass is 32.2. The molecule has 0 spiro atoms. The minimum atomic E-state index is -3.56. The summed E-state index contributed by atoms with van der Waals surface area (Å²) >= 11 is 1.20. The van der Waals surface area contributed by atoms with Gasteiger partial charge >= 0.3 is 0 Å². The SMILES string of the molecule is Cc1ccsc1S(=O)(=O)N1CC(NS(C)(=O)=O)C(C(C)C)C1. The van der Waals surface area contributed by atoms with Gasteiger partial charge in [-0.25, -0.2) is 21.6 Å². The lowest BCUT2D eigenvalue weighted by Gasteiger charge is -2.21. The van der Waals surface area contributed by atoms with Gasteiger partial charge in [0, 0.05) is 19.1 Å². The van der Waals surface area contributed by atoms with Gasteiger partial charge < -0.3 is 0 Å². The molecule has 0 bridgehead atoms. The Balaban J connectivity index is 2.30. The molecule has 6 nitrogen and oxygen atoms in total. The molecule has 1 aliphatic rings. The van der Waals surface area contributed by atoms with Crippen LogP contribution in [0.4, 0.5) is 0 Å².